The number of rotatable bonds is 5. The average molecular weight is 395 g/mol. The van der Waals surface area contributed by atoms with E-state index in [1.54, 1.807) is 11.3 Å². The van der Waals surface area contributed by atoms with Crippen molar-refractivity contribution >= 4 is 35.9 Å². The quantitative estimate of drug-likeness (QED) is 0.835. The normalized spacial score (nSPS) is 16.7. The first kappa shape index (κ1) is 22.6. The van der Waals surface area contributed by atoms with Crippen LogP contribution in [-0.2, 0) is 17.8 Å². The minimum absolute atomic E-state index is 0. The van der Waals surface area contributed by atoms with E-state index in [0.717, 1.165) is 37.4 Å². The fraction of sp³-hybridized carbons (Fsp3) is 0.526. The summed E-state index contributed by atoms with van der Waals surface area (Å²) in [5.74, 6) is 0.633. The molecule has 0 aliphatic carbocycles. The number of nitrogens with zero attached hydrogens (tertiary/aromatic N) is 3. The van der Waals surface area contributed by atoms with Crippen LogP contribution < -0.4 is 5.32 Å². The molecule has 1 N–H and O–H groups in total. The van der Waals surface area contributed by atoms with Gasteiger partial charge in [0.25, 0.3) is 0 Å². The van der Waals surface area contributed by atoms with Crippen LogP contribution in [0.15, 0.2) is 18.3 Å². The molecule has 0 saturated carbocycles. The SMILES string of the molecule is C.CC(=O)Nc1ncc(CN2CCC(Cc3cc(C)nc(C)c3)C2)s1.S. The summed E-state index contributed by atoms with van der Waals surface area (Å²) < 4.78 is 0. The van der Waals surface area contributed by atoms with Gasteiger partial charge in [0.05, 0.1) is 0 Å². The first-order valence-corrected chi connectivity index (χ1v) is 9.18. The highest BCUT2D eigenvalue weighted by molar-refractivity contribution is 7.59. The summed E-state index contributed by atoms with van der Waals surface area (Å²) in [6.07, 6.45) is 4.23. The summed E-state index contributed by atoms with van der Waals surface area (Å²) in [6, 6.07) is 4.41. The molecular weight excluding hydrogens is 364 g/mol. The standard InChI is InChI=1S/C18H24N4OS.CH4.H2S/c1-12-6-16(7-13(2)20-12)8-15-4-5-22(10-15)11-17-9-19-18(24-17)21-14(3)23;;/h6-7,9,15H,4-5,8,10-11H2,1-3H3,(H,19,21,23);1H4;1H2. The lowest BCUT2D eigenvalue weighted by Gasteiger charge is -2.15. The molecule has 144 valence electrons. The van der Waals surface area contributed by atoms with Crippen LogP contribution in [0.1, 0.15) is 42.6 Å². The van der Waals surface area contributed by atoms with Gasteiger partial charge in [0.2, 0.25) is 5.91 Å². The van der Waals surface area contributed by atoms with E-state index in [1.165, 1.54) is 23.8 Å². The number of aromatic nitrogens is 2. The van der Waals surface area contributed by atoms with Gasteiger partial charge in [-0.25, -0.2) is 4.98 Å². The first-order valence-electron chi connectivity index (χ1n) is 8.37. The lowest BCUT2D eigenvalue weighted by Crippen LogP contribution is -2.20. The molecule has 3 rings (SSSR count). The fourth-order valence-corrected chi connectivity index (χ4v) is 4.31. The van der Waals surface area contributed by atoms with Gasteiger partial charge in [-0.15, -0.1) is 11.3 Å². The highest BCUT2D eigenvalue weighted by atomic mass is 32.1. The van der Waals surface area contributed by atoms with E-state index in [2.05, 4.69) is 46.2 Å². The van der Waals surface area contributed by atoms with Gasteiger partial charge >= 0.3 is 0 Å². The van der Waals surface area contributed by atoms with Gasteiger partial charge in [-0.1, -0.05) is 7.43 Å². The molecule has 1 unspecified atom stereocenters. The van der Waals surface area contributed by atoms with Crippen molar-refractivity contribution in [2.24, 2.45) is 5.92 Å². The van der Waals surface area contributed by atoms with Crippen molar-refractivity contribution in [3.8, 4) is 0 Å². The summed E-state index contributed by atoms with van der Waals surface area (Å²) >= 11 is 1.56. The maximum absolute atomic E-state index is 11.1. The molecule has 1 aliphatic rings. The predicted molar refractivity (Wildman–Crippen MR) is 114 cm³/mol. The molecule has 3 heterocycles. The first-order chi connectivity index (χ1) is 11.5. The van der Waals surface area contributed by atoms with Crippen molar-refractivity contribution in [3.63, 3.8) is 0 Å². The van der Waals surface area contributed by atoms with Gasteiger partial charge < -0.3 is 5.32 Å². The number of aryl methyl sites for hydroxylation is 2. The Hall–Kier alpha value is -1.44. The van der Waals surface area contributed by atoms with Crippen LogP contribution in [0.5, 0.6) is 0 Å². The molecule has 1 aliphatic heterocycles. The number of anilines is 1. The number of hydrogen-bond acceptors (Lipinski definition) is 5. The third kappa shape index (κ3) is 6.37. The Balaban J connectivity index is 0.00000169. The lowest BCUT2D eigenvalue weighted by atomic mass is 9.98. The minimum Gasteiger partial charge on any atom is -0.302 e. The molecule has 0 radical (unpaired) electrons. The minimum atomic E-state index is -0.0694. The number of pyridine rings is 1. The van der Waals surface area contributed by atoms with E-state index in [-0.39, 0.29) is 26.8 Å². The van der Waals surface area contributed by atoms with Crippen LogP contribution in [0.25, 0.3) is 0 Å². The highest BCUT2D eigenvalue weighted by Gasteiger charge is 2.23. The molecular formula is C19H30N4OS2. The Bertz CT molecular complexity index is 712. The van der Waals surface area contributed by atoms with E-state index in [9.17, 15) is 4.79 Å². The molecule has 0 bridgehead atoms. The Morgan fingerprint density at radius 3 is 2.69 bits per heavy atom. The molecule has 1 amide bonds. The van der Waals surface area contributed by atoms with Gasteiger partial charge in [-0.3, -0.25) is 14.7 Å². The van der Waals surface area contributed by atoms with Crippen LogP contribution in [0, 0.1) is 19.8 Å². The van der Waals surface area contributed by atoms with Gasteiger partial charge in [-0.2, -0.15) is 13.5 Å². The number of carbonyl (C=O) groups excluding carboxylic acids is 1. The van der Waals surface area contributed by atoms with Crippen molar-refractivity contribution in [3.05, 3.63) is 40.2 Å². The van der Waals surface area contributed by atoms with Crippen molar-refractivity contribution in [2.45, 2.75) is 47.6 Å². The van der Waals surface area contributed by atoms with Gasteiger partial charge in [-0.05, 0) is 56.8 Å². The van der Waals surface area contributed by atoms with E-state index in [4.69, 9.17) is 0 Å². The molecule has 5 nitrogen and oxygen atoms in total. The summed E-state index contributed by atoms with van der Waals surface area (Å²) in [4.78, 5) is 23.5. The molecule has 0 aromatic carbocycles. The van der Waals surface area contributed by atoms with Crippen molar-refractivity contribution < 1.29 is 4.79 Å². The number of thiazole rings is 1. The maximum atomic E-state index is 11.1. The van der Waals surface area contributed by atoms with Gasteiger partial charge in [0, 0.05) is 42.5 Å². The zero-order chi connectivity index (χ0) is 17.1. The average Bonchev–Trinajstić information content (AvgIpc) is 3.07. The maximum Gasteiger partial charge on any atom is 0.223 e. The smallest absolute Gasteiger partial charge is 0.223 e. The number of hydrogen-bond donors (Lipinski definition) is 1. The molecule has 0 spiro atoms. The fourth-order valence-electron chi connectivity index (χ4n) is 3.40. The largest absolute Gasteiger partial charge is 0.302 e. The number of likely N-dealkylation sites (tertiary alicyclic amines) is 1. The van der Waals surface area contributed by atoms with Gasteiger partial charge in [0.1, 0.15) is 0 Å². The van der Waals surface area contributed by atoms with E-state index >= 15 is 0 Å². The van der Waals surface area contributed by atoms with Crippen LogP contribution in [-0.4, -0.2) is 33.9 Å². The second kappa shape index (κ2) is 10.0. The third-order valence-corrected chi connectivity index (χ3v) is 5.15. The topological polar surface area (TPSA) is 58.1 Å². The van der Waals surface area contributed by atoms with E-state index in [0.29, 0.717) is 11.0 Å². The third-order valence-electron chi connectivity index (χ3n) is 4.25. The highest BCUT2D eigenvalue weighted by Crippen LogP contribution is 2.25. The number of amides is 1. The van der Waals surface area contributed by atoms with Gasteiger partial charge in [0.15, 0.2) is 5.13 Å². The van der Waals surface area contributed by atoms with E-state index < -0.39 is 0 Å². The second-order valence-corrected chi connectivity index (χ2v) is 7.78. The predicted octanol–water partition coefficient (Wildman–Crippen LogP) is 3.93. The Morgan fingerprint density at radius 2 is 2.04 bits per heavy atom. The number of carbonyl (C=O) groups is 1. The van der Waals surface area contributed by atoms with Crippen LogP contribution >= 0.6 is 24.8 Å². The molecule has 7 heteroatoms. The monoisotopic (exact) mass is 394 g/mol. The zero-order valence-corrected chi connectivity index (χ0v) is 16.8. The molecule has 2 aromatic heterocycles. The zero-order valence-electron chi connectivity index (χ0n) is 15.0. The second-order valence-electron chi connectivity index (χ2n) is 6.67. The molecule has 2 aromatic rings. The Labute approximate surface area is 167 Å². The van der Waals surface area contributed by atoms with Crippen LogP contribution in [0.3, 0.4) is 0 Å². The molecule has 1 atom stereocenters. The summed E-state index contributed by atoms with van der Waals surface area (Å²) in [5.41, 5.74) is 3.61. The molecule has 1 fully saturated rings. The van der Waals surface area contributed by atoms with Crippen molar-refractivity contribution in [1.29, 1.82) is 0 Å². The van der Waals surface area contributed by atoms with Crippen LogP contribution in [0.4, 0.5) is 5.13 Å². The van der Waals surface area contributed by atoms with Crippen molar-refractivity contribution in [2.75, 3.05) is 18.4 Å². The Kier molecular flexibility index (Phi) is 8.73. The molecule has 26 heavy (non-hydrogen) atoms. The van der Waals surface area contributed by atoms with Crippen molar-refractivity contribution in [1.82, 2.24) is 14.9 Å². The summed E-state index contributed by atoms with van der Waals surface area (Å²) in [6.45, 7) is 8.80. The lowest BCUT2D eigenvalue weighted by molar-refractivity contribution is -0.114. The summed E-state index contributed by atoms with van der Waals surface area (Å²) in [5, 5.41) is 3.44. The Morgan fingerprint density at radius 1 is 1.35 bits per heavy atom. The molecule has 1 saturated heterocycles. The number of nitrogens with one attached hydrogen (secondary N) is 1. The van der Waals surface area contributed by atoms with Crippen LogP contribution in [0.2, 0.25) is 0 Å². The van der Waals surface area contributed by atoms with E-state index in [1.807, 2.05) is 6.20 Å². The summed E-state index contributed by atoms with van der Waals surface area (Å²) in [7, 11) is 0.